The van der Waals surface area contributed by atoms with Gasteiger partial charge in [0.15, 0.2) is 5.76 Å². The molecule has 1 unspecified atom stereocenters. The van der Waals surface area contributed by atoms with E-state index in [0.717, 1.165) is 22.5 Å². The summed E-state index contributed by atoms with van der Waals surface area (Å²) in [6.07, 6.45) is -3.94. The summed E-state index contributed by atoms with van der Waals surface area (Å²) >= 11 is 0. The van der Waals surface area contributed by atoms with Gasteiger partial charge in [-0.1, -0.05) is 5.16 Å². The molecule has 3 rings (SSSR count). The van der Waals surface area contributed by atoms with Crippen molar-refractivity contribution in [1.82, 2.24) is 9.46 Å². The Hall–Kier alpha value is -2.93. The highest BCUT2D eigenvalue weighted by Crippen LogP contribution is 2.35. The van der Waals surface area contributed by atoms with E-state index in [9.17, 15) is 31.2 Å². The second-order valence-electron chi connectivity index (χ2n) is 7.78. The lowest BCUT2D eigenvalue weighted by Crippen LogP contribution is -2.44. The predicted octanol–water partition coefficient (Wildman–Crippen LogP) is 3.31. The van der Waals surface area contributed by atoms with Gasteiger partial charge in [-0.25, -0.2) is 8.42 Å². The quantitative estimate of drug-likeness (QED) is 0.666. The topological polar surface area (TPSA) is 122 Å². The van der Waals surface area contributed by atoms with Crippen LogP contribution in [0.15, 0.2) is 27.6 Å². The Balaban J connectivity index is 1.84. The van der Waals surface area contributed by atoms with Gasteiger partial charge in [0.05, 0.1) is 22.9 Å². The zero-order valence-electron chi connectivity index (χ0n) is 18.1. The van der Waals surface area contributed by atoms with Gasteiger partial charge >= 0.3 is 6.18 Å². The molecular weight excluding hydrogens is 465 g/mol. The summed E-state index contributed by atoms with van der Waals surface area (Å²) in [5, 5.41) is 8.46. The van der Waals surface area contributed by atoms with Gasteiger partial charge in [0.25, 0.3) is 0 Å². The van der Waals surface area contributed by atoms with Crippen molar-refractivity contribution in [2.24, 2.45) is 5.92 Å². The summed E-state index contributed by atoms with van der Waals surface area (Å²) < 4.78 is 71.7. The van der Waals surface area contributed by atoms with E-state index in [4.69, 9.17) is 4.52 Å². The zero-order valence-corrected chi connectivity index (χ0v) is 18.9. The highest BCUT2D eigenvalue weighted by Gasteiger charge is 2.37. The molecule has 13 heteroatoms. The molecule has 1 fully saturated rings. The lowest BCUT2D eigenvalue weighted by atomic mass is 9.98. The Morgan fingerprint density at radius 1 is 1.18 bits per heavy atom. The number of halogens is 3. The molecule has 2 heterocycles. The maximum Gasteiger partial charge on any atom is 0.416 e. The van der Waals surface area contributed by atoms with E-state index in [1.54, 1.807) is 0 Å². The first kappa shape index (κ1) is 24.7. The van der Waals surface area contributed by atoms with Crippen LogP contribution in [0, 0.1) is 19.8 Å². The number of anilines is 2. The third kappa shape index (κ3) is 5.36. The highest BCUT2D eigenvalue weighted by atomic mass is 32.2. The number of benzene rings is 1. The average Bonchev–Trinajstić information content (AvgIpc) is 3.07. The number of piperidine rings is 1. The number of carbonyl (C=O) groups excluding carboxylic acids is 2. The zero-order chi connectivity index (χ0) is 24.6. The van der Waals surface area contributed by atoms with Crippen LogP contribution in [0.3, 0.4) is 0 Å². The molecule has 0 aliphatic carbocycles. The van der Waals surface area contributed by atoms with E-state index in [-0.39, 0.29) is 40.8 Å². The Morgan fingerprint density at radius 2 is 1.88 bits per heavy atom. The van der Waals surface area contributed by atoms with Crippen LogP contribution in [0.5, 0.6) is 0 Å². The third-order valence-corrected chi connectivity index (χ3v) is 7.35. The lowest BCUT2D eigenvalue weighted by molar-refractivity contribution is -0.137. The molecule has 1 aromatic heterocycles. The van der Waals surface area contributed by atoms with Gasteiger partial charge in [0, 0.05) is 20.0 Å². The van der Waals surface area contributed by atoms with Gasteiger partial charge in [-0.05, 0) is 44.9 Å². The van der Waals surface area contributed by atoms with Crippen molar-refractivity contribution >= 4 is 33.2 Å². The maximum absolute atomic E-state index is 13.2. The highest BCUT2D eigenvalue weighted by molar-refractivity contribution is 7.89. The van der Waals surface area contributed by atoms with Crippen molar-refractivity contribution in [2.75, 3.05) is 23.7 Å². The van der Waals surface area contributed by atoms with Crippen LogP contribution in [0.4, 0.5) is 24.5 Å². The van der Waals surface area contributed by atoms with E-state index in [0.29, 0.717) is 12.8 Å². The molecule has 1 saturated heterocycles. The largest absolute Gasteiger partial charge is 0.416 e. The Kier molecular flexibility index (Phi) is 6.84. The van der Waals surface area contributed by atoms with Crippen LogP contribution in [0.2, 0.25) is 0 Å². The number of hydrogen-bond acceptors (Lipinski definition) is 6. The van der Waals surface area contributed by atoms with Crippen LogP contribution < -0.4 is 10.6 Å². The van der Waals surface area contributed by atoms with Crippen molar-refractivity contribution in [2.45, 2.75) is 44.7 Å². The summed E-state index contributed by atoms with van der Waals surface area (Å²) in [4.78, 5) is 24.3. The van der Waals surface area contributed by atoms with Crippen LogP contribution in [-0.4, -0.2) is 42.8 Å². The van der Waals surface area contributed by atoms with E-state index in [1.807, 2.05) is 0 Å². The molecular formula is C20H23F3N4O5S. The summed E-state index contributed by atoms with van der Waals surface area (Å²) in [7, 11) is -3.98. The maximum atomic E-state index is 13.2. The first-order chi connectivity index (χ1) is 15.3. The Labute approximate surface area is 188 Å². The lowest BCUT2D eigenvalue weighted by Gasteiger charge is -2.31. The monoisotopic (exact) mass is 488 g/mol. The molecule has 0 radical (unpaired) electrons. The Bertz CT molecular complexity index is 1160. The minimum absolute atomic E-state index is 0.000131. The smallest absolute Gasteiger partial charge is 0.360 e. The van der Waals surface area contributed by atoms with E-state index >= 15 is 0 Å². The van der Waals surface area contributed by atoms with E-state index in [1.165, 1.54) is 20.8 Å². The van der Waals surface area contributed by atoms with Crippen LogP contribution in [-0.2, 0) is 25.8 Å². The first-order valence-electron chi connectivity index (χ1n) is 10.0. The number of nitrogens with zero attached hydrogens (tertiary/aromatic N) is 2. The van der Waals surface area contributed by atoms with Crippen LogP contribution in [0.1, 0.15) is 36.8 Å². The minimum atomic E-state index is -4.65. The minimum Gasteiger partial charge on any atom is -0.360 e. The summed E-state index contributed by atoms with van der Waals surface area (Å²) in [6.45, 7) is 4.16. The number of amides is 2. The van der Waals surface area contributed by atoms with Gasteiger partial charge in [-0.2, -0.15) is 17.5 Å². The molecule has 2 amide bonds. The Morgan fingerprint density at radius 3 is 2.45 bits per heavy atom. The first-order valence-corrected chi connectivity index (χ1v) is 11.5. The van der Waals surface area contributed by atoms with Crippen molar-refractivity contribution in [3.63, 3.8) is 0 Å². The fourth-order valence-electron chi connectivity index (χ4n) is 3.70. The second kappa shape index (κ2) is 9.14. The standard InChI is InChI=1S/C20H23F3N4O5S/c1-11-18(12(2)32-26-11)33(30,31)27-8-4-5-14(10-27)19(29)25-17-9-15(20(21,22)23)6-7-16(17)24-13(3)28/h6-7,9,14H,4-5,8,10H2,1-3H3,(H,24,28)(H,25,29). The van der Waals surface area contributed by atoms with Crippen LogP contribution >= 0.6 is 0 Å². The number of aromatic nitrogens is 1. The molecule has 0 spiro atoms. The summed E-state index contributed by atoms with van der Waals surface area (Å²) in [6, 6.07) is 2.57. The summed E-state index contributed by atoms with van der Waals surface area (Å²) in [5.74, 6) is -1.86. The van der Waals surface area contributed by atoms with E-state index < -0.39 is 39.5 Å². The summed E-state index contributed by atoms with van der Waals surface area (Å²) in [5.41, 5.74) is -1.03. The van der Waals surface area contributed by atoms with Crippen molar-refractivity contribution in [1.29, 1.82) is 0 Å². The molecule has 33 heavy (non-hydrogen) atoms. The van der Waals surface area contributed by atoms with Gasteiger partial charge in [-0.3, -0.25) is 9.59 Å². The number of hydrogen-bond donors (Lipinski definition) is 2. The van der Waals surface area contributed by atoms with Crippen molar-refractivity contribution < 1.29 is 35.7 Å². The number of carbonyl (C=O) groups is 2. The van der Waals surface area contributed by atoms with Gasteiger partial charge in [0.2, 0.25) is 21.8 Å². The number of aryl methyl sites for hydroxylation is 2. The molecule has 1 aliphatic heterocycles. The average molecular weight is 488 g/mol. The number of rotatable bonds is 5. The molecule has 1 atom stereocenters. The molecule has 0 bridgehead atoms. The SMILES string of the molecule is CC(=O)Nc1ccc(C(F)(F)F)cc1NC(=O)C1CCCN(S(=O)(=O)c2c(C)noc2C)C1. The van der Waals surface area contributed by atoms with E-state index in [2.05, 4.69) is 15.8 Å². The van der Waals surface area contributed by atoms with Gasteiger partial charge < -0.3 is 15.2 Å². The van der Waals surface area contributed by atoms with Crippen molar-refractivity contribution in [3.8, 4) is 0 Å². The number of sulfonamides is 1. The fourth-order valence-corrected chi connectivity index (χ4v) is 5.52. The molecule has 2 aromatic rings. The number of alkyl halides is 3. The fraction of sp³-hybridized carbons (Fsp3) is 0.450. The van der Waals surface area contributed by atoms with Gasteiger partial charge in [0.1, 0.15) is 10.6 Å². The normalized spacial score (nSPS) is 17.6. The third-order valence-electron chi connectivity index (χ3n) is 5.24. The molecule has 1 aromatic carbocycles. The van der Waals surface area contributed by atoms with Gasteiger partial charge in [-0.15, -0.1) is 0 Å². The molecule has 9 nitrogen and oxygen atoms in total. The molecule has 0 saturated carbocycles. The number of nitrogens with one attached hydrogen (secondary N) is 2. The molecule has 2 N–H and O–H groups in total. The van der Waals surface area contributed by atoms with Crippen molar-refractivity contribution in [3.05, 3.63) is 35.2 Å². The predicted molar refractivity (Wildman–Crippen MR) is 112 cm³/mol. The molecule has 1 aliphatic rings. The van der Waals surface area contributed by atoms with Crippen LogP contribution in [0.25, 0.3) is 0 Å². The molecule has 180 valence electrons. The second-order valence-corrected chi connectivity index (χ2v) is 9.66.